The summed E-state index contributed by atoms with van der Waals surface area (Å²) in [6.45, 7) is 5.35. The fraction of sp³-hybridized carbons (Fsp3) is 0.830. The number of carbonyl (C=O) groups excluding carboxylic acids is 1. The lowest BCUT2D eigenvalue weighted by atomic mass is 10.1. The minimum Gasteiger partial charge on any atom is -0.457 e. The van der Waals surface area contributed by atoms with E-state index in [1.54, 1.807) is 0 Å². The van der Waals surface area contributed by atoms with Crippen molar-refractivity contribution in [3.63, 3.8) is 0 Å². The lowest BCUT2D eigenvalue weighted by Gasteiger charge is -2.16. The van der Waals surface area contributed by atoms with Crippen molar-refractivity contribution in [1.29, 1.82) is 0 Å². The fourth-order valence-corrected chi connectivity index (χ4v) is 7.33. The number of hydrogen-bond donors (Lipinski definition) is 1. The smallest absolute Gasteiger partial charge is 0.306 e. The standard InChI is InChI=1S/C53H98O4/c1-3-5-7-9-11-13-15-17-19-21-23-24-25-26-27-28-29-31-33-35-37-39-41-43-45-47-49-56-51-52(50-54)57-53(55)48-46-44-42-40-38-36-34-32-30-22-20-18-16-14-12-10-8-6-4-2/h15,17-18,20-21,23,25-26,52,54H,3-14,16,19,22,24,27-51H2,1-2H3/b17-15-,20-18-,23-21-,26-25-. The lowest BCUT2D eigenvalue weighted by Crippen LogP contribution is -2.27. The zero-order valence-electron chi connectivity index (χ0n) is 38.4. The Morgan fingerprint density at radius 2 is 0.737 bits per heavy atom. The van der Waals surface area contributed by atoms with Crippen molar-refractivity contribution in [1.82, 2.24) is 0 Å². The molecule has 0 aromatic rings. The van der Waals surface area contributed by atoms with E-state index < -0.39 is 6.10 Å². The Hall–Kier alpha value is -1.65. The molecular weight excluding hydrogens is 701 g/mol. The van der Waals surface area contributed by atoms with E-state index in [0.29, 0.717) is 19.6 Å². The van der Waals surface area contributed by atoms with Gasteiger partial charge in [-0.15, -0.1) is 0 Å². The normalized spacial score (nSPS) is 12.7. The van der Waals surface area contributed by atoms with E-state index in [1.165, 1.54) is 205 Å². The van der Waals surface area contributed by atoms with E-state index in [4.69, 9.17) is 9.47 Å². The number of carbonyl (C=O) groups is 1. The minimum atomic E-state index is -0.538. The second kappa shape index (κ2) is 50.5. The van der Waals surface area contributed by atoms with Crippen molar-refractivity contribution in [2.75, 3.05) is 19.8 Å². The molecular formula is C53H98O4. The van der Waals surface area contributed by atoms with E-state index in [1.807, 2.05) is 0 Å². The molecule has 0 heterocycles. The maximum absolute atomic E-state index is 12.3. The van der Waals surface area contributed by atoms with Crippen LogP contribution in [-0.2, 0) is 14.3 Å². The molecule has 0 aliphatic heterocycles. The van der Waals surface area contributed by atoms with Crippen LogP contribution >= 0.6 is 0 Å². The Morgan fingerprint density at radius 1 is 0.421 bits per heavy atom. The van der Waals surface area contributed by atoms with E-state index in [9.17, 15) is 9.90 Å². The number of allylic oxidation sites excluding steroid dienone is 8. The third-order valence-corrected chi connectivity index (χ3v) is 11.1. The second-order valence-corrected chi connectivity index (χ2v) is 16.9. The summed E-state index contributed by atoms with van der Waals surface area (Å²) in [5.41, 5.74) is 0. The summed E-state index contributed by atoms with van der Waals surface area (Å²) in [6, 6.07) is 0. The molecule has 57 heavy (non-hydrogen) atoms. The molecule has 0 fully saturated rings. The summed E-state index contributed by atoms with van der Waals surface area (Å²) in [7, 11) is 0. The summed E-state index contributed by atoms with van der Waals surface area (Å²) in [6.07, 6.45) is 66.2. The van der Waals surface area contributed by atoms with Gasteiger partial charge in [-0.05, 0) is 77.0 Å². The van der Waals surface area contributed by atoms with E-state index in [2.05, 4.69) is 62.5 Å². The molecule has 0 rings (SSSR count). The lowest BCUT2D eigenvalue weighted by molar-refractivity contribution is -0.154. The van der Waals surface area contributed by atoms with Crippen LogP contribution in [0.25, 0.3) is 0 Å². The minimum absolute atomic E-state index is 0.173. The Kier molecular flexibility index (Phi) is 49.0. The van der Waals surface area contributed by atoms with Gasteiger partial charge in [-0.3, -0.25) is 4.79 Å². The summed E-state index contributed by atoms with van der Waals surface area (Å²) in [5, 5.41) is 9.64. The molecule has 0 saturated carbocycles. The van der Waals surface area contributed by atoms with Crippen molar-refractivity contribution >= 4 is 5.97 Å². The monoisotopic (exact) mass is 799 g/mol. The summed E-state index contributed by atoms with van der Waals surface area (Å²) >= 11 is 0. The largest absolute Gasteiger partial charge is 0.457 e. The van der Waals surface area contributed by atoms with Gasteiger partial charge in [0.05, 0.1) is 13.2 Å². The first-order valence-corrected chi connectivity index (χ1v) is 25.2. The molecule has 0 aliphatic rings. The molecule has 0 bridgehead atoms. The first-order chi connectivity index (χ1) is 28.2. The van der Waals surface area contributed by atoms with Crippen molar-refractivity contribution in [3.05, 3.63) is 48.6 Å². The molecule has 1 N–H and O–H groups in total. The average molecular weight is 799 g/mol. The molecule has 0 spiro atoms. The Balaban J connectivity index is 3.41. The molecule has 1 unspecified atom stereocenters. The van der Waals surface area contributed by atoms with E-state index in [0.717, 1.165) is 32.1 Å². The topological polar surface area (TPSA) is 55.8 Å². The fourth-order valence-electron chi connectivity index (χ4n) is 7.33. The quantitative estimate of drug-likeness (QED) is 0.0378. The Bertz CT molecular complexity index is 889. The number of rotatable bonds is 47. The van der Waals surface area contributed by atoms with E-state index in [-0.39, 0.29) is 12.6 Å². The Labute approximate surface area is 356 Å². The summed E-state index contributed by atoms with van der Waals surface area (Å²) in [4.78, 5) is 12.3. The van der Waals surface area contributed by atoms with Gasteiger partial charge in [0, 0.05) is 13.0 Å². The molecule has 4 nitrogen and oxygen atoms in total. The second-order valence-electron chi connectivity index (χ2n) is 16.9. The highest BCUT2D eigenvalue weighted by Crippen LogP contribution is 2.15. The maximum Gasteiger partial charge on any atom is 0.306 e. The van der Waals surface area contributed by atoms with Crippen molar-refractivity contribution in [2.45, 2.75) is 264 Å². The van der Waals surface area contributed by atoms with Gasteiger partial charge in [0.1, 0.15) is 6.10 Å². The van der Waals surface area contributed by atoms with Crippen LogP contribution in [0.15, 0.2) is 48.6 Å². The highest BCUT2D eigenvalue weighted by Gasteiger charge is 2.13. The highest BCUT2D eigenvalue weighted by molar-refractivity contribution is 5.69. The van der Waals surface area contributed by atoms with Crippen LogP contribution in [0.5, 0.6) is 0 Å². The van der Waals surface area contributed by atoms with Gasteiger partial charge >= 0.3 is 5.97 Å². The molecule has 1 atom stereocenters. The first-order valence-electron chi connectivity index (χ1n) is 25.2. The molecule has 0 aromatic heterocycles. The van der Waals surface area contributed by atoms with Gasteiger partial charge in [0.15, 0.2) is 0 Å². The molecule has 4 heteroatoms. The van der Waals surface area contributed by atoms with Crippen LogP contribution in [-0.4, -0.2) is 37.0 Å². The number of aliphatic hydroxyl groups excluding tert-OH is 1. The third-order valence-electron chi connectivity index (χ3n) is 11.1. The van der Waals surface area contributed by atoms with Crippen LogP contribution in [0.4, 0.5) is 0 Å². The zero-order chi connectivity index (χ0) is 41.2. The number of ether oxygens (including phenoxy) is 2. The Morgan fingerprint density at radius 3 is 1.12 bits per heavy atom. The zero-order valence-corrected chi connectivity index (χ0v) is 38.4. The van der Waals surface area contributed by atoms with Crippen LogP contribution in [0.2, 0.25) is 0 Å². The van der Waals surface area contributed by atoms with Gasteiger partial charge < -0.3 is 14.6 Å². The van der Waals surface area contributed by atoms with Crippen molar-refractivity contribution in [3.8, 4) is 0 Å². The maximum atomic E-state index is 12.3. The number of esters is 1. The number of aliphatic hydroxyl groups is 1. The van der Waals surface area contributed by atoms with Gasteiger partial charge in [0.2, 0.25) is 0 Å². The van der Waals surface area contributed by atoms with Gasteiger partial charge in [0.25, 0.3) is 0 Å². The average Bonchev–Trinajstić information content (AvgIpc) is 3.22. The van der Waals surface area contributed by atoms with Gasteiger partial charge in [-0.1, -0.05) is 223 Å². The summed E-state index contributed by atoms with van der Waals surface area (Å²) in [5.74, 6) is -0.202. The van der Waals surface area contributed by atoms with E-state index >= 15 is 0 Å². The van der Waals surface area contributed by atoms with Crippen molar-refractivity contribution < 1.29 is 19.4 Å². The molecule has 0 aromatic carbocycles. The number of unbranched alkanes of at least 4 members (excludes halogenated alkanes) is 31. The van der Waals surface area contributed by atoms with Crippen LogP contribution in [0, 0.1) is 0 Å². The van der Waals surface area contributed by atoms with Crippen LogP contribution < -0.4 is 0 Å². The molecule has 0 radical (unpaired) electrons. The number of hydrogen-bond acceptors (Lipinski definition) is 4. The van der Waals surface area contributed by atoms with Gasteiger partial charge in [-0.25, -0.2) is 0 Å². The van der Waals surface area contributed by atoms with Gasteiger partial charge in [-0.2, -0.15) is 0 Å². The highest BCUT2D eigenvalue weighted by atomic mass is 16.6. The van der Waals surface area contributed by atoms with Crippen molar-refractivity contribution in [2.24, 2.45) is 0 Å². The molecule has 0 saturated heterocycles. The first kappa shape index (κ1) is 55.4. The summed E-state index contributed by atoms with van der Waals surface area (Å²) < 4.78 is 11.2. The SMILES string of the molecule is CCCCCCC/C=C\C/C=C\C/C=C\CCCCCCCCCCCCCOCC(CO)OC(=O)CCCCCCCCCCC/C=C\CCCCCCCC. The molecule has 334 valence electrons. The predicted molar refractivity (Wildman–Crippen MR) is 251 cm³/mol. The molecule has 0 aliphatic carbocycles. The van der Waals surface area contributed by atoms with Crippen LogP contribution in [0.1, 0.15) is 258 Å². The van der Waals surface area contributed by atoms with Crippen LogP contribution in [0.3, 0.4) is 0 Å². The third kappa shape index (κ3) is 48.6. The molecule has 0 amide bonds. The predicted octanol–water partition coefficient (Wildman–Crippen LogP) is 17.0.